The minimum absolute atomic E-state index is 0.362. The highest BCUT2D eigenvalue weighted by Gasteiger charge is 2.15. The standard InChI is InChI=1S/C12H20O/c1-4-9-13-11(3)12-7-5-10(2)6-8-12/h5-7,11-12H,4,8-9H2,1-3H3. The van der Waals surface area contributed by atoms with Gasteiger partial charge in [-0.05, 0) is 26.7 Å². The highest BCUT2D eigenvalue weighted by Crippen LogP contribution is 2.21. The van der Waals surface area contributed by atoms with Crippen molar-refractivity contribution < 1.29 is 4.74 Å². The normalized spacial score (nSPS) is 24.2. The first-order chi connectivity index (χ1) is 6.24. The van der Waals surface area contributed by atoms with Crippen LogP contribution < -0.4 is 0 Å². The van der Waals surface area contributed by atoms with Crippen molar-refractivity contribution >= 4 is 0 Å². The molecule has 0 saturated carbocycles. The number of rotatable bonds is 4. The number of ether oxygens (including phenoxy) is 1. The van der Waals surface area contributed by atoms with Gasteiger partial charge in [0.1, 0.15) is 0 Å². The van der Waals surface area contributed by atoms with Gasteiger partial charge in [0.15, 0.2) is 0 Å². The second-order valence-electron chi connectivity index (χ2n) is 3.78. The van der Waals surface area contributed by atoms with Crippen molar-refractivity contribution in [1.82, 2.24) is 0 Å². The van der Waals surface area contributed by atoms with Gasteiger partial charge in [-0.3, -0.25) is 0 Å². The molecule has 0 aliphatic heterocycles. The lowest BCUT2D eigenvalue weighted by Crippen LogP contribution is -2.20. The Hall–Kier alpha value is -0.560. The molecule has 1 nitrogen and oxygen atoms in total. The Bertz CT molecular complexity index is 203. The fourth-order valence-electron chi connectivity index (χ4n) is 1.52. The van der Waals surface area contributed by atoms with E-state index in [9.17, 15) is 0 Å². The zero-order chi connectivity index (χ0) is 9.68. The summed E-state index contributed by atoms with van der Waals surface area (Å²) in [5, 5.41) is 0. The van der Waals surface area contributed by atoms with Gasteiger partial charge in [-0.25, -0.2) is 0 Å². The number of allylic oxidation sites excluding steroid dienone is 3. The van der Waals surface area contributed by atoms with Crippen LogP contribution in [0.1, 0.15) is 33.6 Å². The molecule has 0 aromatic carbocycles. The van der Waals surface area contributed by atoms with E-state index in [4.69, 9.17) is 4.74 Å². The van der Waals surface area contributed by atoms with Crippen molar-refractivity contribution in [3.8, 4) is 0 Å². The number of hydrogen-bond acceptors (Lipinski definition) is 1. The highest BCUT2D eigenvalue weighted by molar-refractivity contribution is 5.21. The molecule has 0 aromatic heterocycles. The van der Waals surface area contributed by atoms with Crippen LogP contribution in [0.5, 0.6) is 0 Å². The van der Waals surface area contributed by atoms with Crippen molar-refractivity contribution in [2.45, 2.75) is 39.7 Å². The van der Waals surface area contributed by atoms with E-state index >= 15 is 0 Å². The molecular weight excluding hydrogens is 160 g/mol. The largest absolute Gasteiger partial charge is 0.378 e. The van der Waals surface area contributed by atoms with E-state index in [2.05, 4.69) is 39.0 Å². The predicted molar refractivity (Wildman–Crippen MR) is 56.7 cm³/mol. The molecular formula is C12H20O. The SMILES string of the molecule is CCCOC(C)C1C=CC(C)=CC1. The van der Waals surface area contributed by atoms with Crippen molar-refractivity contribution in [2.24, 2.45) is 5.92 Å². The molecule has 1 aliphatic rings. The Kier molecular flexibility index (Phi) is 4.23. The van der Waals surface area contributed by atoms with E-state index in [1.807, 2.05) is 0 Å². The van der Waals surface area contributed by atoms with Crippen LogP contribution in [-0.4, -0.2) is 12.7 Å². The van der Waals surface area contributed by atoms with E-state index in [0.29, 0.717) is 12.0 Å². The van der Waals surface area contributed by atoms with Gasteiger partial charge in [-0.2, -0.15) is 0 Å². The summed E-state index contributed by atoms with van der Waals surface area (Å²) in [6.45, 7) is 7.34. The minimum atomic E-state index is 0.362. The smallest absolute Gasteiger partial charge is 0.0612 e. The average Bonchev–Trinajstić information content (AvgIpc) is 2.15. The molecule has 0 fully saturated rings. The van der Waals surface area contributed by atoms with Crippen LogP contribution in [0.4, 0.5) is 0 Å². The molecule has 74 valence electrons. The van der Waals surface area contributed by atoms with Crippen LogP contribution in [-0.2, 0) is 4.74 Å². The third-order valence-electron chi connectivity index (χ3n) is 2.51. The quantitative estimate of drug-likeness (QED) is 0.645. The van der Waals surface area contributed by atoms with Crippen LogP contribution in [0.15, 0.2) is 23.8 Å². The Morgan fingerprint density at radius 1 is 1.62 bits per heavy atom. The first-order valence-electron chi connectivity index (χ1n) is 5.20. The van der Waals surface area contributed by atoms with Gasteiger partial charge >= 0.3 is 0 Å². The summed E-state index contributed by atoms with van der Waals surface area (Å²) >= 11 is 0. The number of hydrogen-bond donors (Lipinski definition) is 0. The van der Waals surface area contributed by atoms with E-state index in [-0.39, 0.29) is 0 Å². The Morgan fingerprint density at radius 2 is 2.38 bits per heavy atom. The van der Waals surface area contributed by atoms with Gasteiger partial charge in [-0.15, -0.1) is 0 Å². The second kappa shape index (κ2) is 5.23. The molecule has 2 atom stereocenters. The maximum absolute atomic E-state index is 5.69. The summed E-state index contributed by atoms with van der Waals surface area (Å²) in [5.74, 6) is 0.579. The fraction of sp³-hybridized carbons (Fsp3) is 0.667. The summed E-state index contributed by atoms with van der Waals surface area (Å²) in [5.41, 5.74) is 1.37. The van der Waals surface area contributed by atoms with Crippen LogP contribution in [0.2, 0.25) is 0 Å². The zero-order valence-electron chi connectivity index (χ0n) is 8.92. The first kappa shape index (κ1) is 10.5. The Labute approximate surface area is 81.5 Å². The molecule has 0 bridgehead atoms. The molecule has 0 saturated heterocycles. The maximum atomic E-state index is 5.69. The van der Waals surface area contributed by atoms with Gasteiger partial charge in [0.05, 0.1) is 6.10 Å². The van der Waals surface area contributed by atoms with Crippen LogP contribution in [0.25, 0.3) is 0 Å². The lowest BCUT2D eigenvalue weighted by Gasteiger charge is -2.22. The third kappa shape index (κ3) is 3.35. The van der Waals surface area contributed by atoms with Gasteiger partial charge < -0.3 is 4.74 Å². The van der Waals surface area contributed by atoms with Gasteiger partial charge in [0, 0.05) is 12.5 Å². The van der Waals surface area contributed by atoms with E-state index in [0.717, 1.165) is 19.4 Å². The summed E-state index contributed by atoms with van der Waals surface area (Å²) in [6, 6.07) is 0. The highest BCUT2D eigenvalue weighted by atomic mass is 16.5. The second-order valence-corrected chi connectivity index (χ2v) is 3.78. The summed E-state index contributed by atoms with van der Waals surface area (Å²) in [7, 11) is 0. The van der Waals surface area contributed by atoms with Gasteiger partial charge in [0.25, 0.3) is 0 Å². The van der Waals surface area contributed by atoms with Crippen molar-refractivity contribution in [1.29, 1.82) is 0 Å². The molecule has 2 unspecified atom stereocenters. The average molecular weight is 180 g/mol. The molecule has 1 rings (SSSR count). The maximum Gasteiger partial charge on any atom is 0.0612 e. The molecule has 0 heterocycles. The van der Waals surface area contributed by atoms with Gasteiger partial charge in [0.2, 0.25) is 0 Å². The van der Waals surface area contributed by atoms with Crippen molar-refractivity contribution in [2.75, 3.05) is 6.61 Å². The lowest BCUT2D eigenvalue weighted by atomic mass is 9.93. The molecule has 1 heteroatoms. The first-order valence-corrected chi connectivity index (χ1v) is 5.20. The molecule has 0 N–H and O–H groups in total. The zero-order valence-corrected chi connectivity index (χ0v) is 8.92. The third-order valence-corrected chi connectivity index (χ3v) is 2.51. The van der Waals surface area contributed by atoms with Crippen LogP contribution in [0, 0.1) is 5.92 Å². The fourth-order valence-corrected chi connectivity index (χ4v) is 1.52. The summed E-state index contributed by atoms with van der Waals surface area (Å²) in [4.78, 5) is 0. The van der Waals surface area contributed by atoms with E-state index < -0.39 is 0 Å². The van der Waals surface area contributed by atoms with E-state index in [1.54, 1.807) is 0 Å². The lowest BCUT2D eigenvalue weighted by molar-refractivity contribution is 0.0392. The Balaban J connectivity index is 2.33. The molecule has 0 aromatic rings. The topological polar surface area (TPSA) is 9.23 Å². The predicted octanol–water partition coefficient (Wildman–Crippen LogP) is 3.32. The van der Waals surface area contributed by atoms with E-state index in [1.165, 1.54) is 5.57 Å². The monoisotopic (exact) mass is 180 g/mol. The van der Waals surface area contributed by atoms with Crippen LogP contribution in [0.3, 0.4) is 0 Å². The Morgan fingerprint density at radius 3 is 2.92 bits per heavy atom. The van der Waals surface area contributed by atoms with Crippen LogP contribution >= 0.6 is 0 Å². The van der Waals surface area contributed by atoms with Crippen molar-refractivity contribution in [3.63, 3.8) is 0 Å². The minimum Gasteiger partial charge on any atom is -0.378 e. The van der Waals surface area contributed by atoms with Gasteiger partial charge in [-0.1, -0.05) is 30.7 Å². The molecule has 13 heavy (non-hydrogen) atoms. The molecule has 0 radical (unpaired) electrons. The molecule has 0 amide bonds. The molecule has 0 spiro atoms. The summed E-state index contributed by atoms with van der Waals surface area (Å²) in [6.07, 6.45) is 9.36. The summed E-state index contributed by atoms with van der Waals surface area (Å²) < 4.78 is 5.69. The van der Waals surface area contributed by atoms with Crippen molar-refractivity contribution in [3.05, 3.63) is 23.8 Å². The molecule has 1 aliphatic carbocycles.